The smallest absolute Gasteiger partial charge is 0.319 e. The van der Waals surface area contributed by atoms with Crippen molar-refractivity contribution in [2.75, 3.05) is 37.7 Å². The number of ether oxygens (including phenoxy) is 1. The molecule has 1 saturated carbocycles. The lowest BCUT2D eigenvalue weighted by atomic mass is 9.94. The van der Waals surface area contributed by atoms with Crippen LogP contribution in [0.2, 0.25) is 0 Å². The summed E-state index contributed by atoms with van der Waals surface area (Å²) < 4.78 is 52.4. The SMILES string of the molecule is CCc1c(F)ccc2cc(O)cc(-c3ncc4c(N5CC6CCC(C6)C5)nc(OC[C@@]56CCCN5C[C@H](F)C6)nc4c3F)c12. The molecule has 7 nitrogen and oxygen atoms in total. The molecule has 2 unspecified atom stereocenters. The van der Waals surface area contributed by atoms with Gasteiger partial charge in [-0.05, 0) is 91.4 Å². The van der Waals surface area contributed by atoms with Crippen molar-refractivity contribution in [3.63, 3.8) is 0 Å². The van der Waals surface area contributed by atoms with Crippen LogP contribution in [-0.4, -0.2) is 69.5 Å². The third kappa shape index (κ3) is 4.47. The number of aromatic nitrogens is 3. The molecule has 3 aliphatic heterocycles. The van der Waals surface area contributed by atoms with Crippen LogP contribution in [0.4, 0.5) is 19.0 Å². The molecule has 8 rings (SSSR count). The minimum Gasteiger partial charge on any atom is -0.508 e. The first-order valence-corrected chi connectivity index (χ1v) is 15.9. The number of phenolic OH excluding ortho intramolecular Hbond substituents is 1. The van der Waals surface area contributed by atoms with E-state index in [-0.39, 0.29) is 29.6 Å². The highest BCUT2D eigenvalue weighted by Gasteiger charge is 2.49. The van der Waals surface area contributed by atoms with E-state index < -0.39 is 23.3 Å². The molecule has 2 aromatic carbocycles. The Morgan fingerprint density at radius 3 is 2.70 bits per heavy atom. The van der Waals surface area contributed by atoms with Crippen LogP contribution in [0.3, 0.4) is 0 Å². The molecule has 1 aliphatic carbocycles. The van der Waals surface area contributed by atoms with Crippen molar-refractivity contribution in [1.29, 1.82) is 0 Å². The van der Waals surface area contributed by atoms with Gasteiger partial charge in [-0.15, -0.1) is 0 Å². The van der Waals surface area contributed by atoms with Gasteiger partial charge in [0.25, 0.3) is 0 Å². The lowest BCUT2D eigenvalue weighted by Crippen LogP contribution is -2.43. The summed E-state index contributed by atoms with van der Waals surface area (Å²) in [5.41, 5.74) is 0.373. The second-order valence-corrected chi connectivity index (χ2v) is 13.3. The molecule has 4 atom stereocenters. The Balaban J connectivity index is 1.27. The van der Waals surface area contributed by atoms with E-state index >= 15 is 4.39 Å². The number of hydrogen-bond acceptors (Lipinski definition) is 7. The Morgan fingerprint density at radius 2 is 1.91 bits per heavy atom. The number of benzene rings is 2. The van der Waals surface area contributed by atoms with Crippen LogP contribution < -0.4 is 9.64 Å². The summed E-state index contributed by atoms with van der Waals surface area (Å²) in [6.07, 6.45) is 6.86. The number of phenols is 1. The van der Waals surface area contributed by atoms with Gasteiger partial charge in [0.15, 0.2) is 5.82 Å². The van der Waals surface area contributed by atoms with E-state index in [0.29, 0.717) is 64.3 Å². The molecule has 3 saturated heterocycles. The fourth-order valence-corrected chi connectivity index (χ4v) is 8.58. The minimum absolute atomic E-state index is 0.0235. The average Bonchev–Trinajstić information content (AvgIpc) is 3.66. The second kappa shape index (κ2) is 10.5. The van der Waals surface area contributed by atoms with E-state index in [2.05, 4.69) is 19.8 Å². The van der Waals surface area contributed by atoms with Crippen LogP contribution >= 0.6 is 0 Å². The molecule has 0 spiro atoms. The van der Waals surface area contributed by atoms with Crippen LogP contribution in [0, 0.1) is 23.5 Å². The Morgan fingerprint density at radius 1 is 1.09 bits per heavy atom. The largest absolute Gasteiger partial charge is 0.508 e. The van der Waals surface area contributed by atoms with Crippen LogP contribution in [0.15, 0.2) is 30.5 Å². The van der Waals surface area contributed by atoms with Crippen molar-refractivity contribution in [1.82, 2.24) is 19.9 Å². The Bertz CT molecular complexity index is 1770. The highest BCUT2D eigenvalue weighted by atomic mass is 19.1. The third-order valence-electron chi connectivity index (χ3n) is 10.5. The van der Waals surface area contributed by atoms with E-state index in [1.54, 1.807) is 18.3 Å². The minimum atomic E-state index is -0.892. The number of nitrogens with zero attached hydrogens (tertiary/aromatic N) is 5. The number of alkyl halides is 1. The molecular formula is C34H36F3N5O2. The summed E-state index contributed by atoms with van der Waals surface area (Å²) in [7, 11) is 0. The monoisotopic (exact) mass is 603 g/mol. The molecule has 1 N–H and O–H groups in total. The Hall–Kier alpha value is -3.66. The van der Waals surface area contributed by atoms with Crippen LogP contribution in [0.1, 0.15) is 51.0 Å². The number of anilines is 1. The van der Waals surface area contributed by atoms with Gasteiger partial charge < -0.3 is 14.7 Å². The zero-order valence-electron chi connectivity index (χ0n) is 24.8. The number of aromatic hydroxyl groups is 1. The number of fused-ring (bicyclic) bond motifs is 5. The number of pyridine rings is 1. The van der Waals surface area contributed by atoms with Crippen molar-refractivity contribution >= 4 is 27.5 Å². The molecule has 4 fully saturated rings. The lowest BCUT2D eigenvalue weighted by Gasteiger charge is -2.34. The molecule has 4 aromatic rings. The maximum Gasteiger partial charge on any atom is 0.319 e. The van der Waals surface area contributed by atoms with Crippen LogP contribution in [0.25, 0.3) is 32.9 Å². The maximum absolute atomic E-state index is 16.8. The molecule has 2 bridgehead atoms. The normalized spacial score (nSPS) is 26.6. The van der Waals surface area contributed by atoms with Crippen LogP contribution in [0.5, 0.6) is 11.8 Å². The van der Waals surface area contributed by atoms with Gasteiger partial charge >= 0.3 is 6.01 Å². The molecular weight excluding hydrogens is 567 g/mol. The first-order chi connectivity index (χ1) is 21.3. The predicted molar refractivity (Wildman–Crippen MR) is 163 cm³/mol. The summed E-state index contributed by atoms with van der Waals surface area (Å²) in [6, 6.07) is 5.99. The van der Waals surface area contributed by atoms with Gasteiger partial charge in [-0.1, -0.05) is 13.0 Å². The fourth-order valence-electron chi connectivity index (χ4n) is 8.58. The number of halogens is 3. The van der Waals surface area contributed by atoms with Gasteiger partial charge in [-0.25, -0.2) is 13.2 Å². The zero-order valence-corrected chi connectivity index (χ0v) is 24.8. The Labute approximate surface area is 254 Å². The van der Waals surface area contributed by atoms with E-state index in [9.17, 15) is 13.9 Å². The third-order valence-corrected chi connectivity index (χ3v) is 10.5. The number of hydrogen-bond donors (Lipinski definition) is 1. The number of aryl methyl sites for hydroxylation is 1. The summed E-state index contributed by atoms with van der Waals surface area (Å²) >= 11 is 0. The van der Waals surface area contributed by atoms with Gasteiger partial charge in [0.1, 0.15) is 41.4 Å². The second-order valence-electron chi connectivity index (χ2n) is 13.3. The first-order valence-electron chi connectivity index (χ1n) is 15.9. The molecule has 0 amide bonds. The van der Waals surface area contributed by atoms with Crippen molar-refractivity contribution in [2.24, 2.45) is 11.8 Å². The fraction of sp³-hybridized carbons (Fsp3) is 0.500. The first kappa shape index (κ1) is 27.9. The quantitative estimate of drug-likeness (QED) is 0.267. The Kier molecular flexibility index (Phi) is 6.63. The number of rotatable bonds is 6. The summed E-state index contributed by atoms with van der Waals surface area (Å²) in [6.45, 7) is 4.97. The van der Waals surface area contributed by atoms with Gasteiger partial charge in [0, 0.05) is 37.8 Å². The molecule has 10 heteroatoms. The average molecular weight is 604 g/mol. The van der Waals surface area contributed by atoms with Gasteiger partial charge in [-0.2, -0.15) is 9.97 Å². The summed E-state index contributed by atoms with van der Waals surface area (Å²) in [5, 5.41) is 12.2. The molecule has 230 valence electrons. The van der Waals surface area contributed by atoms with Gasteiger partial charge in [-0.3, -0.25) is 9.88 Å². The molecule has 2 aromatic heterocycles. The van der Waals surface area contributed by atoms with Gasteiger partial charge in [0.05, 0.1) is 10.9 Å². The molecule has 0 radical (unpaired) electrons. The topological polar surface area (TPSA) is 74.6 Å². The van der Waals surface area contributed by atoms with Crippen molar-refractivity contribution < 1.29 is 23.0 Å². The van der Waals surface area contributed by atoms with Crippen molar-refractivity contribution in [2.45, 2.75) is 63.6 Å². The van der Waals surface area contributed by atoms with Crippen molar-refractivity contribution in [3.05, 3.63) is 47.7 Å². The van der Waals surface area contributed by atoms with Crippen LogP contribution in [-0.2, 0) is 6.42 Å². The standard InChI is InChI=1S/C34H36F3N5O2/c1-2-24-27(36)7-6-21-11-23(43)12-25(28(21)24)30-29(37)31-26(14-38-30)32(41-15-19-4-5-20(10-19)16-41)40-33(39-31)44-18-34-8-3-9-42(34)17-22(35)13-34/h6-7,11-12,14,19-20,22,43H,2-5,8-10,13,15-18H2,1H3/t19?,20?,22-,34+/m1/s1. The van der Waals surface area contributed by atoms with E-state index in [4.69, 9.17) is 9.72 Å². The van der Waals surface area contributed by atoms with E-state index in [1.807, 2.05) is 6.92 Å². The van der Waals surface area contributed by atoms with E-state index in [1.165, 1.54) is 31.4 Å². The molecule has 5 heterocycles. The lowest BCUT2D eigenvalue weighted by molar-refractivity contribution is 0.107. The molecule has 4 aliphatic rings. The van der Waals surface area contributed by atoms with E-state index in [0.717, 1.165) is 32.5 Å². The summed E-state index contributed by atoms with van der Waals surface area (Å²) in [4.78, 5) is 18.4. The zero-order chi connectivity index (χ0) is 30.2. The highest BCUT2D eigenvalue weighted by molar-refractivity contribution is 6.01. The maximum atomic E-state index is 16.8. The summed E-state index contributed by atoms with van der Waals surface area (Å²) in [5.74, 6) is 0.577. The number of piperidine rings is 1. The molecule has 44 heavy (non-hydrogen) atoms. The van der Waals surface area contributed by atoms with Crippen molar-refractivity contribution in [3.8, 4) is 23.0 Å². The predicted octanol–water partition coefficient (Wildman–Crippen LogP) is 6.58. The van der Waals surface area contributed by atoms with Gasteiger partial charge in [0.2, 0.25) is 0 Å². The highest BCUT2D eigenvalue weighted by Crippen LogP contribution is 2.43.